The number of piperidine rings is 1. The van der Waals surface area contributed by atoms with Crippen molar-refractivity contribution in [2.45, 2.75) is 24.7 Å². The highest BCUT2D eigenvalue weighted by atomic mass is 32.1. The number of benzene rings is 2. The molecule has 5 rings (SSSR count). The van der Waals surface area contributed by atoms with Crippen molar-refractivity contribution in [3.8, 4) is 11.1 Å². The summed E-state index contributed by atoms with van der Waals surface area (Å²) in [5, 5.41) is 11.5. The second kappa shape index (κ2) is 8.15. The lowest BCUT2D eigenvalue weighted by Crippen LogP contribution is -2.38. The molecule has 31 heavy (non-hydrogen) atoms. The van der Waals surface area contributed by atoms with E-state index in [0.717, 1.165) is 17.8 Å². The first-order valence-corrected chi connectivity index (χ1v) is 11.3. The van der Waals surface area contributed by atoms with Crippen molar-refractivity contribution in [1.82, 2.24) is 9.88 Å². The summed E-state index contributed by atoms with van der Waals surface area (Å²) in [5.41, 5.74) is 4.92. The molecule has 2 heterocycles. The van der Waals surface area contributed by atoms with E-state index in [2.05, 4.69) is 29.2 Å². The molecule has 0 saturated carbocycles. The van der Waals surface area contributed by atoms with Crippen molar-refractivity contribution in [2.24, 2.45) is 0 Å². The highest BCUT2D eigenvalue weighted by Crippen LogP contribution is 2.44. The van der Waals surface area contributed by atoms with Gasteiger partial charge in [0, 0.05) is 30.3 Å². The Hall–Kier alpha value is -3.19. The van der Waals surface area contributed by atoms with Crippen molar-refractivity contribution in [1.29, 1.82) is 0 Å². The van der Waals surface area contributed by atoms with Gasteiger partial charge < -0.3 is 14.7 Å². The Morgan fingerprint density at radius 2 is 1.65 bits per heavy atom. The predicted molar refractivity (Wildman–Crippen MR) is 118 cm³/mol. The minimum absolute atomic E-state index is 0.0543. The van der Waals surface area contributed by atoms with Crippen LogP contribution in [-0.4, -0.2) is 46.7 Å². The number of carboxylic acid groups (broad SMARTS) is 1. The SMILES string of the molecule is O=C(O)c1csc(C2CCN(C(=O)OCC3c4ccccc4-c4ccccc43)CC2)n1. The topological polar surface area (TPSA) is 79.7 Å². The fourth-order valence-corrected chi connectivity index (χ4v) is 5.53. The van der Waals surface area contributed by atoms with Crippen molar-refractivity contribution < 1.29 is 19.4 Å². The average Bonchev–Trinajstić information content (AvgIpc) is 3.42. The second-order valence-corrected chi connectivity index (χ2v) is 8.83. The highest BCUT2D eigenvalue weighted by molar-refractivity contribution is 7.09. The maximum atomic E-state index is 12.7. The molecule has 158 valence electrons. The first kappa shape index (κ1) is 19.8. The lowest BCUT2D eigenvalue weighted by atomic mass is 9.97. The van der Waals surface area contributed by atoms with Crippen LogP contribution in [-0.2, 0) is 4.74 Å². The van der Waals surface area contributed by atoms with Crippen LogP contribution in [0, 0.1) is 0 Å². The van der Waals surface area contributed by atoms with Gasteiger partial charge in [0.25, 0.3) is 0 Å². The minimum Gasteiger partial charge on any atom is -0.476 e. The van der Waals surface area contributed by atoms with E-state index in [4.69, 9.17) is 9.84 Å². The standard InChI is InChI=1S/C24H22N2O4S/c27-23(28)21-14-31-22(25-21)15-9-11-26(12-10-15)24(29)30-13-20-18-7-3-1-5-16(18)17-6-2-4-8-19(17)20/h1-8,14-15,20H,9-13H2,(H,27,28). The Balaban J connectivity index is 1.21. The van der Waals surface area contributed by atoms with Gasteiger partial charge in [-0.05, 0) is 35.1 Å². The molecule has 0 bridgehead atoms. The van der Waals surface area contributed by atoms with Crippen molar-refractivity contribution in [2.75, 3.05) is 19.7 Å². The number of ether oxygens (including phenoxy) is 1. The summed E-state index contributed by atoms with van der Waals surface area (Å²) in [7, 11) is 0. The molecule has 2 aliphatic rings. The monoisotopic (exact) mass is 434 g/mol. The minimum atomic E-state index is -1.00. The zero-order valence-corrected chi connectivity index (χ0v) is 17.7. The van der Waals surface area contributed by atoms with Crippen LogP contribution < -0.4 is 0 Å². The summed E-state index contributed by atoms with van der Waals surface area (Å²) in [6, 6.07) is 16.6. The van der Waals surface area contributed by atoms with Gasteiger partial charge in [-0.3, -0.25) is 0 Å². The van der Waals surface area contributed by atoms with E-state index in [-0.39, 0.29) is 23.6 Å². The Bertz CT molecular complexity index is 1090. The number of amides is 1. The zero-order chi connectivity index (χ0) is 21.4. The first-order valence-electron chi connectivity index (χ1n) is 10.4. The van der Waals surface area contributed by atoms with Crippen LogP contribution in [0.3, 0.4) is 0 Å². The second-order valence-electron chi connectivity index (χ2n) is 7.94. The largest absolute Gasteiger partial charge is 0.476 e. The zero-order valence-electron chi connectivity index (χ0n) is 16.9. The normalized spacial score (nSPS) is 16.1. The molecule has 3 aromatic rings. The van der Waals surface area contributed by atoms with E-state index in [9.17, 15) is 9.59 Å². The summed E-state index contributed by atoms with van der Waals surface area (Å²) in [6.45, 7) is 1.49. The van der Waals surface area contributed by atoms with E-state index in [1.807, 2.05) is 24.3 Å². The van der Waals surface area contributed by atoms with Gasteiger partial charge in [-0.15, -0.1) is 11.3 Å². The molecule has 6 nitrogen and oxygen atoms in total. The van der Waals surface area contributed by atoms with Gasteiger partial charge in [0.2, 0.25) is 0 Å². The molecule has 1 aliphatic heterocycles. The van der Waals surface area contributed by atoms with Gasteiger partial charge in [0.15, 0.2) is 5.69 Å². The number of carboxylic acids is 1. The summed E-state index contributed by atoms with van der Waals surface area (Å²) in [4.78, 5) is 29.7. The number of likely N-dealkylation sites (tertiary alicyclic amines) is 1. The van der Waals surface area contributed by atoms with Gasteiger partial charge in [0.05, 0.1) is 5.01 Å². The number of hydrogen-bond donors (Lipinski definition) is 1. The molecule has 0 radical (unpaired) electrons. The lowest BCUT2D eigenvalue weighted by Gasteiger charge is -2.30. The van der Waals surface area contributed by atoms with Crippen LogP contribution >= 0.6 is 11.3 Å². The van der Waals surface area contributed by atoms with Crippen LogP contribution in [0.2, 0.25) is 0 Å². The number of thiazole rings is 1. The third-order valence-corrected chi connectivity index (χ3v) is 7.19. The highest BCUT2D eigenvalue weighted by Gasteiger charge is 2.31. The fraction of sp³-hybridized carbons (Fsp3) is 0.292. The van der Waals surface area contributed by atoms with Crippen molar-refractivity contribution in [3.63, 3.8) is 0 Å². The summed E-state index contributed by atoms with van der Waals surface area (Å²) in [6.07, 6.45) is 1.23. The van der Waals surface area contributed by atoms with Crippen LogP contribution in [0.25, 0.3) is 11.1 Å². The number of aromatic nitrogens is 1. The van der Waals surface area contributed by atoms with E-state index in [1.54, 1.807) is 10.3 Å². The third-order valence-electron chi connectivity index (χ3n) is 6.18. The predicted octanol–water partition coefficient (Wildman–Crippen LogP) is 4.97. The molecule has 1 aliphatic carbocycles. The molecule has 1 saturated heterocycles. The first-order chi connectivity index (χ1) is 15.1. The number of carbonyl (C=O) groups excluding carboxylic acids is 1. The van der Waals surface area contributed by atoms with E-state index >= 15 is 0 Å². The van der Waals surface area contributed by atoms with Gasteiger partial charge >= 0.3 is 12.1 Å². The van der Waals surface area contributed by atoms with Crippen LogP contribution in [0.4, 0.5) is 4.79 Å². The Labute approximate surface area is 184 Å². The Morgan fingerprint density at radius 3 is 2.23 bits per heavy atom. The summed E-state index contributed by atoms with van der Waals surface area (Å²) < 4.78 is 5.75. The van der Waals surface area contributed by atoms with E-state index in [0.29, 0.717) is 19.7 Å². The third kappa shape index (κ3) is 3.70. The average molecular weight is 435 g/mol. The molecule has 0 atom stereocenters. The van der Waals surface area contributed by atoms with Gasteiger partial charge in [-0.1, -0.05) is 48.5 Å². The van der Waals surface area contributed by atoms with Crippen LogP contribution in [0.15, 0.2) is 53.9 Å². The molecule has 1 aromatic heterocycles. The Morgan fingerprint density at radius 1 is 1.03 bits per heavy atom. The van der Waals surface area contributed by atoms with Crippen LogP contribution in [0.1, 0.15) is 51.3 Å². The van der Waals surface area contributed by atoms with Crippen molar-refractivity contribution in [3.05, 3.63) is 75.7 Å². The molecule has 0 unspecified atom stereocenters. The molecular formula is C24H22N2O4S. The fourth-order valence-electron chi connectivity index (χ4n) is 4.57. The smallest absolute Gasteiger partial charge is 0.409 e. The maximum Gasteiger partial charge on any atom is 0.409 e. The van der Waals surface area contributed by atoms with Gasteiger partial charge in [-0.25, -0.2) is 14.6 Å². The van der Waals surface area contributed by atoms with Gasteiger partial charge in [0.1, 0.15) is 6.61 Å². The molecule has 1 fully saturated rings. The number of rotatable bonds is 4. The van der Waals surface area contributed by atoms with E-state index < -0.39 is 5.97 Å². The molecule has 2 aromatic carbocycles. The quantitative estimate of drug-likeness (QED) is 0.627. The Kier molecular flexibility index (Phi) is 5.19. The number of fused-ring (bicyclic) bond motifs is 3. The van der Waals surface area contributed by atoms with Gasteiger partial charge in [-0.2, -0.15) is 0 Å². The number of carbonyl (C=O) groups is 2. The number of aromatic carboxylic acids is 1. The molecule has 1 N–H and O–H groups in total. The lowest BCUT2D eigenvalue weighted by molar-refractivity contribution is 0.0691. The molecular weight excluding hydrogens is 412 g/mol. The number of hydrogen-bond acceptors (Lipinski definition) is 5. The van der Waals surface area contributed by atoms with E-state index in [1.165, 1.54) is 33.6 Å². The number of nitrogens with zero attached hydrogens (tertiary/aromatic N) is 2. The summed E-state index contributed by atoms with van der Waals surface area (Å²) in [5.74, 6) is -0.757. The molecule has 7 heteroatoms. The maximum absolute atomic E-state index is 12.7. The van der Waals surface area contributed by atoms with Crippen molar-refractivity contribution >= 4 is 23.4 Å². The van der Waals surface area contributed by atoms with Crippen LogP contribution in [0.5, 0.6) is 0 Å². The summed E-state index contributed by atoms with van der Waals surface area (Å²) >= 11 is 1.38. The molecule has 0 spiro atoms. The molecule has 1 amide bonds.